The number of halogens is 1. The van der Waals surface area contributed by atoms with Gasteiger partial charge in [-0.25, -0.2) is 0 Å². The maximum absolute atomic E-state index is 14.3. The van der Waals surface area contributed by atoms with Gasteiger partial charge in [-0.3, -0.25) is 14.4 Å². The van der Waals surface area contributed by atoms with E-state index in [1.54, 1.807) is 17.9 Å². The first-order chi connectivity index (χ1) is 16.4. The van der Waals surface area contributed by atoms with E-state index in [4.69, 9.17) is 9.47 Å². The molecular formula is C25H37BrN2O6. The predicted octanol–water partition coefficient (Wildman–Crippen LogP) is 2.42. The average Bonchev–Trinajstić information content (AvgIpc) is 3.41. The molecular weight excluding hydrogens is 504 g/mol. The molecule has 1 spiro atoms. The second kappa shape index (κ2) is 10.7. The first-order valence-corrected chi connectivity index (χ1v) is 13.6. The Morgan fingerprint density at radius 3 is 2.71 bits per heavy atom. The fourth-order valence-electron chi connectivity index (χ4n) is 6.66. The van der Waals surface area contributed by atoms with Crippen molar-refractivity contribution in [3.63, 3.8) is 0 Å². The summed E-state index contributed by atoms with van der Waals surface area (Å²) in [6.45, 7) is 6.63. The quantitative estimate of drug-likeness (QED) is 0.198. The number of aliphatic hydroxyl groups excluding tert-OH is 1. The number of esters is 1. The van der Waals surface area contributed by atoms with Crippen molar-refractivity contribution in [3.05, 3.63) is 12.7 Å². The summed E-state index contributed by atoms with van der Waals surface area (Å²) in [5.41, 5.74) is -1.06. The summed E-state index contributed by atoms with van der Waals surface area (Å²) in [5, 5.41) is 9.30. The van der Waals surface area contributed by atoms with Crippen LogP contribution in [0.4, 0.5) is 0 Å². The number of alkyl halides is 1. The van der Waals surface area contributed by atoms with Crippen LogP contribution in [0, 0.1) is 11.8 Å². The van der Waals surface area contributed by atoms with Gasteiger partial charge in [-0.15, -0.1) is 6.58 Å². The summed E-state index contributed by atoms with van der Waals surface area (Å²) < 4.78 is 11.8. The summed E-state index contributed by atoms with van der Waals surface area (Å²) in [4.78, 5) is 44.5. The molecule has 3 heterocycles. The first kappa shape index (κ1) is 25.6. The molecule has 6 atom stereocenters. The zero-order valence-corrected chi connectivity index (χ0v) is 21.6. The van der Waals surface area contributed by atoms with E-state index < -0.39 is 35.6 Å². The Labute approximate surface area is 210 Å². The molecule has 4 aliphatic rings. The molecule has 0 radical (unpaired) electrons. The Bertz CT molecular complexity index is 802. The molecule has 34 heavy (non-hydrogen) atoms. The third-order valence-electron chi connectivity index (χ3n) is 8.01. The number of amides is 2. The largest absolute Gasteiger partial charge is 0.466 e. The number of carbonyl (C=O) groups excluding carboxylic acids is 3. The molecule has 1 aliphatic carbocycles. The Hall–Kier alpha value is -1.45. The number of aliphatic hydroxyl groups is 1. The van der Waals surface area contributed by atoms with Crippen molar-refractivity contribution in [1.82, 2.24) is 9.80 Å². The minimum absolute atomic E-state index is 0.0212. The molecule has 2 amide bonds. The number of nitrogens with zero attached hydrogens (tertiary/aromatic N) is 2. The fraction of sp³-hybridized carbons (Fsp3) is 0.800. The number of unbranched alkanes of at least 4 members (excludes halogenated alkanes) is 1. The van der Waals surface area contributed by atoms with Crippen molar-refractivity contribution >= 4 is 33.7 Å². The van der Waals surface area contributed by atoms with Gasteiger partial charge in [-0.2, -0.15) is 0 Å². The number of ether oxygens (including phenoxy) is 2. The van der Waals surface area contributed by atoms with E-state index in [0.717, 1.165) is 25.7 Å². The summed E-state index contributed by atoms with van der Waals surface area (Å²) in [5.74, 6) is -2.22. The SMILES string of the molecule is C=CCN(C(=O)C1N(CCCCO)C(=O)[C@@H]2[C@@H](C(=O)OCC)[C@@H]3OC12CC3Br)C1CCCCC1. The lowest BCUT2D eigenvalue weighted by atomic mass is 9.70. The van der Waals surface area contributed by atoms with Gasteiger partial charge in [-0.05, 0) is 39.0 Å². The van der Waals surface area contributed by atoms with Gasteiger partial charge in [0, 0.05) is 30.6 Å². The molecule has 0 aromatic carbocycles. The van der Waals surface area contributed by atoms with E-state index in [0.29, 0.717) is 32.4 Å². The number of hydrogen-bond donors (Lipinski definition) is 1. The van der Waals surface area contributed by atoms with Gasteiger partial charge in [0.05, 0.1) is 24.5 Å². The highest BCUT2D eigenvalue weighted by Crippen LogP contribution is 2.60. The van der Waals surface area contributed by atoms with Crippen LogP contribution >= 0.6 is 15.9 Å². The number of carbonyl (C=O) groups is 3. The van der Waals surface area contributed by atoms with Crippen LogP contribution in [0.2, 0.25) is 0 Å². The zero-order chi connectivity index (χ0) is 24.5. The van der Waals surface area contributed by atoms with Gasteiger partial charge in [-0.1, -0.05) is 41.3 Å². The number of fused-ring (bicyclic) bond motifs is 1. The minimum atomic E-state index is -1.06. The molecule has 8 nitrogen and oxygen atoms in total. The summed E-state index contributed by atoms with van der Waals surface area (Å²) >= 11 is 3.67. The molecule has 1 N–H and O–H groups in total. The van der Waals surface area contributed by atoms with Gasteiger partial charge >= 0.3 is 5.97 Å². The molecule has 2 bridgehead atoms. The Kier molecular flexibility index (Phi) is 8.04. The van der Waals surface area contributed by atoms with Gasteiger partial charge in [0.2, 0.25) is 11.8 Å². The maximum Gasteiger partial charge on any atom is 0.312 e. The Morgan fingerprint density at radius 2 is 2.06 bits per heavy atom. The number of rotatable bonds is 10. The lowest BCUT2D eigenvalue weighted by Gasteiger charge is -2.41. The third-order valence-corrected chi connectivity index (χ3v) is 8.86. The topological polar surface area (TPSA) is 96.4 Å². The van der Waals surface area contributed by atoms with E-state index >= 15 is 0 Å². The second-order valence-electron chi connectivity index (χ2n) is 9.95. The van der Waals surface area contributed by atoms with Crippen molar-refractivity contribution in [1.29, 1.82) is 0 Å². The summed E-state index contributed by atoms with van der Waals surface area (Å²) in [6.07, 6.45) is 8.06. The summed E-state index contributed by atoms with van der Waals surface area (Å²) in [6, 6.07) is -0.682. The molecule has 0 aromatic rings. The maximum atomic E-state index is 14.3. The smallest absolute Gasteiger partial charge is 0.312 e. The Morgan fingerprint density at radius 1 is 1.32 bits per heavy atom. The van der Waals surface area contributed by atoms with E-state index in [9.17, 15) is 19.5 Å². The van der Waals surface area contributed by atoms with Crippen molar-refractivity contribution < 1.29 is 29.0 Å². The molecule has 3 aliphatic heterocycles. The molecule has 4 rings (SSSR count). The highest BCUT2D eigenvalue weighted by atomic mass is 79.9. The van der Waals surface area contributed by atoms with E-state index in [2.05, 4.69) is 22.5 Å². The van der Waals surface area contributed by atoms with Crippen molar-refractivity contribution in [2.45, 2.75) is 86.9 Å². The summed E-state index contributed by atoms with van der Waals surface area (Å²) in [7, 11) is 0. The highest BCUT2D eigenvalue weighted by Gasteiger charge is 2.77. The standard InChI is InChI=1S/C25H37BrN2O6/c1-3-12-27(16-10-6-5-7-11-16)23(31)21-25-15-17(26)20(34-25)18(24(32)33-4-2)19(25)22(30)28(21)13-8-9-14-29/h3,16-21,29H,1,4-15H2,2H3/t17?,18-,19+,20-,21?,25?/m1/s1. The van der Waals surface area contributed by atoms with Crippen LogP contribution in [-0.4, -0.2) is 87.6 Å². The van der Waals surface area contributed by atoms with E-state index in [1.165, 1.54) is 6.42 Å². The molecule has 9 heteroatoms. The van der Waals surface area contributed by atoms with Crippen LogP contribution in [0.25, 0.3) is 0 Å². The molecule has 3 unspecified atom stereocenters. The van der Waals surface area contributed by atoms with Crippen LogP contribution in [0.15, 0.2) is 12.7 Å². The molecule has 4 fully saturated rings. The predicted molar refractivity (Wildman–Crippen MR) is 129 cm³/mol. The normalized spacial score (nSPS) is 34.9. The number of hydrogen-bond acceptors (Lipinski definition) is 6. The van der Waals surface area contributed by atoms with E-state index in [-0.39, 0.29) is 35.9 Å². The van der Waals surface area contributed by atoms with Crippen molar-refractivity contribution in [2.75, 3.05) is 26.3 Å². The average molecular weight is 541 g/mol. The third kappa shape index (κ3) is 4.22. The molecule has 0 aromatic heterocycles. The van der Waals surface area contributed by atoms with Gasteiger partial charge in [0.1, 0.15) is 11.6 Å². The monoisotopic (exact) mass is 540 g/mol. The van der Waals surface area contributed by atoms with Gasteiger partial charge < -0.3 is 24.4 Å². The van der Waals surface area contributed by atoms with Crippen LogP contribution in [0.1, 0.15) is 58.3 Å². The van der Waals surface area contributed by atoms with Gasteiger partial charge in [0.25, 0.3) is 0 Å². The lowest BCUT2D eigenvalue weighted by molar-refractivity contribution is -0.155. The van der Waals surface area contributed by atoms with Crippen LogP contribution in [0.3, 0.4) is 0 Å². The van der Waals surface area contributed by atoms with Gasteiger partial charge in [0.15, 0.2) is 0 Å². The van der Waals surface area contributed by atoms with Crippen molar-refractivity contribution in [3.8, 4) is 0 Å². The fourth-order valence-corrected chi connectivity index (χ4v) is 7.60. The highest BCUT2D eigenvalue weighted by molar-refractivity contribution is 9.09. The van der Waals surface area contributed by atoms with Crippen molar-refractivity contribution in [2.24, 2.45) is 11.8 Å². The van der Waals surface area contributed by atoms with Crippen LogP contribution in [-0.2, 0) is 23.9 Å². The molecule has 190 valence electrons. The number of likely N-dealkylation sites (tertiary alicyclic amines) is 1. The lowest BCUT2D eigenvalue weighted by Crippen LogP contribution is -2.58. The minimum Gasteiger partial charge on any atom is -0.466 e. The Balaban J connectivity index is 1.72. The molecule has 1 saturated carbocycles. The van der Waals surface area contributed by atoms with Crippen LogP contribution in [0.5, 0.6) is 0 Å². The van der Waals surface area contributed by atoms with Crippen LogP contribution < -0.4 is 0 Å². The van der Waals surface area contributed by atoms with E-state index in [1.807, 2.05) is 4.90 Å². The first-order valence-electron chi connectivity index (χ1n) is 12.7. The zero-order valence-electron chi connectivity index (χ0n) is 20.0. The molecule has 3 saturated heterocycles. The second-order valence-corrected chi connectivity index (χ2v) is 11.1.